The van der Waals surface area contributed by atoms with Gasteiger partial charge in [-0.3, -0.25) is 0 Å². The number of nitrogens with zero attached hydrogens (tertiary/aromatic N) is 6. The number of aromatic nitrogens is 3. The van der Waals surface area contributed by atoms with Crippen LogP contribution in [0.1, 0.15) is 36.8 Å². The van der Waals surface area contributed by atoms with Crippen LogP contribution >= 0.6 is 31.9 Å². The highest BCUT2D eigenvalue weighted by molar-refractivity contribution is 9.11. The number of rotatable bonds is 8. The van der Waals surface area contributed by atoms with Crippen molar-refractivity contribution in [3.8, 4) is 5.75 Å². The molecule has 11 heteroatoms. The molecule has 1 N–H and O–H groups in total. The van der Waals surface area contributed by atoms with E-state index in [4.69, 9.17) is 9.72 Å². The highest BCUT2D eigenvalue weighted by Gasteiger charge is 2.21. The number of anilines is 3. The molecule has 3 heterocycles. The second-order valence-electron chi connectivity index (χ2n) is 8.75. The van der Waals surface area contributed by atoms with Crippen LogP contribution in [0.15, 0.2) is 50.4 Å². The third-order valence-corrected chi connectivity index (χ3v) is 7.26. The largest absolute Gasteiger partial charge is 0.487 e. The van der Waals surface area contributed by atoms with Crippen molar-refractivity contribution in [3.63, 3.8) is 0 Å². The first-order valence-electron chi connectivity index (χ1n) is 12.0. The third kappa shape index (κ3) is 6.12. The fourth-order valence-corrected chi connectivity index (χ4v) is 5.66. The molecule has 0 atom stereocenters. The number of hydrazone groups is 1. The van der Waals surface area contributed by atoms with Crippen LogP contribution in [0.5, 0.6) is 5.75 Å². The van der Waals surface area contributed by atoms with E-state index < -0.39 is 0 Å². The maximum absolute atomic E-state index is 13.1. The van der Waals surface area contributed by atoms with E-state index in [9.17, 15) is 4.39 Å². The SMILES string of the molecule is Fc1ccc(COc2c(Br)cc(/C=N/Nc3nc(N4CCCC4)nc(N4CCCC4)n3)cc2Br)cc1. The molecule has 0 spiro atoms. The number of ether oxygens (including phenoxy) is 1. The summed E-state index contributed by atoms with van der Waals surface area (Å²) < 4.78 is 20.6. The van der Waals surface area contributed by atoms with Gasteiger partial charge < -0.3 is 14.5 Å². The minimum absolute atomic E-state index is 0.268. The molecule has 2 aliphatic heterocycles. The molecule has 0 saturated carbocycles. The quantitative estimate of drug-likeness (QED) is 0.254. The van der Waals surface area contributed by atoms with Crippen molar-refractivity contribution in [2.75, 3.05) is 41.4 Å². The average Bonchev–Trinajstić information content (AvgIpc) is 3.59. The van der Waals surface area contributed by atoms with E-state index in [1.807, 2.05) is 12.1 Å². The first-order valence-corrected chi connectivity index (χ1v) is 13.5. The van der Waals surface area contributed by atoms with Gasteiger partial charge in [-0.25, -0.2) is 9.82 Å². The number of hydrogen-bond acceptors (Lipinski definition) is 8. The maximum Gasteiger partial charge on any atom is 0.250 e. The Morgan fingerprint density at radius 3 is 2.00 bits per heavy atom. The van der Waals surface area contributed by atoms with Crippen LogP contribution in [-0.4, -0.2) is 47.3 Å². The van der Waals surface area contributed by atoms with Gasteiger partial charge in [0.1, 0.15) is 18.2 Å². The van der Waals surface area contributed by atoms with Crippen molar-refractivity contribution in [3.05, 3.63) is 62.3 Å². The zero-order valence-corrected chi connectivity index (χ0v) is 22.8. The fraction of sp³-hybridized carbons (Fsp3) is 0.360. The van der Waals surface area contributed by atoms with E-state index >= 15 is 0 Å². The molecule has 0 unspecified atom stereocenters. The fourth-order valence-electron chi connectivity index (χ4n) is 4.21. The Hall–Kier alpha value is -2.79. The van der Waals surface area contributed by atoms with Crippen LogP contribution in [-0.2, 0) is 6.61 Å². The molecule has 2 aromatic carbocycles. The summed E-state index contributed by atoms with van der Waals surface area (Å²) in [6, 6.07) is 10.1. The summed E-state index contributed by atoms with van der Waals surface area (Å²) in [5, 5.41) is 4.38. The van der Waals surface area contributed by atoms with E-state index in [0.29, 0.717) is 30.2 Å². The molecule has 188 valence electrons. The number of nitrogens with one attached hydrogen (secondary N) is 1. The molecular formula is C25H26Br2FN7O. The molecule has 3 aromatic rings. The second-order valence-corrected chi connectivity index (χ2v) is 10.5. The Morgan fingerprint density at radius 2 is 1.44 bits per heavy atom. The van der Waals surface area contributed by atoms with Crippen LogP contribution in [0.25, 0.3) is 0 Å². The van der Waals surface area contributed by atoms with Crippen molar-refractivity contribution in [2.24, 2.45) is 5.10 Å². The standard InChI is InChI=1S/C25H26Br2FN7O/c26-20-13-18(14-21(27)22(20)36-16-17-5-7-19(28)8-6-17)15-29-33-23-30-24(34-9-1-2-10-34)32-25(31-23)35-11-3-4-12-35/h5-8,13-15H,1-4,9-12,16H2,(H,30,31,32,33)/b29-15+. The Bertz CT molecular complexity index is 1170. The van der Waals surface area contributed by atoms with Gasteiger partial charge in [0.05, 0.1) is 15.2 Å². The van der Waals surface area contributed by atoms with Crippen LogP contribution in [0.4, 0.5) is 22.2 Å². The Labute approximate surface area is 226 Å². The molecule has 5 rings (SSSR count). The maximum atomic E-state index is 13.1. The summed E-state index contributed by atoms with van der Waals surface area (Å²) in [5.74, 6) is 2.23. The molecule has 2 aliphatic rings. The topological polar surface area (TPSA) is 78.8 Å². The van der Waals surface area contributed by atoms with Gasteiger partial charge in [-0.2, -0.15) is 20.1 Å². The molecule has 1 aromatic heterocycles. The predicted molar refractivity (Wildman–Crippen MR) is 147 cm³/mol. The lowest BCUT2D eigenvalue weighted by Gasteiger charge is -2.20. The Balaban J connectivity index is 1.28. The lowest BCUT2D eigenvalue weighted by molar-refractivity contribution is 0.302. The number of halogens is 3. The minimum Gasteiger partial charge on any atom is -0.487 e. The van der Waals surface area contributed by atoms with Gasteiger partial charge in [-0.1, -0.05) is 12.1 Å². The first kappa shape index (κ1) is 24.9. The Morgan fingerprint density at radius 1 is 0.889 bits per heavy atom. The van der Waals surface area contributed by atoms with Gasteiger partial charge >= 0.3 is 0 Å². The highest BCUT2D eigenvalue weighted by Crippen LogP contribution is 2.35. The monoisotopic (exact) mass is 617 g/mol. The Kier molecular flexibility index (Phi) is 7.96. The summed E-state index contributed by atoms with van der Waals surface area (Å²) in [4.78, 5) is 18.4. The van der Waals surface area contributed by atoms with Crippen molar-refractivity contribution in [1.82, 2.24) is 15.0 Å². The van der Waals surface area contributed by atoms with Crippen LogP contribution in [0.3, 0.4) is 0 Å². The van der Waals surface area contributed by atoms with E-state index in [-0.39, 0.29) is 5.82 Å². The number of hydrogen-bond donors (Lipinski definition) is 1. The minimum atomic E-state index is -0.268. The van der Waals surface area contributed by atoms with Crippen molar-refractivity contribution in [2.45, 2.75) is 32.3 Å². The zero-order chi connectivity index (χ0) is 24.9. The summed E-state index contributed by atoms with van der Waals surface area (Å²) in [6.07, 6.45) is 6.31. The molecule has 0 amide bonds. The zero-order valence-electron chi connectivity index (χ0n) is 19.6. The molecule has 2 saturated heterocycles. The molecule has 0 bridgehead atoms. The van der Waals surface area contributed by atoms with E-state index in [0.717, 1.165) is 71.9 Å². The van der Waals surface area contributed by atoms with Crippen molar-refractivity contribution >= 4 is 55.9 Å². The lowest BCUT2D eigenvalue weighted by Crippen LogP contribution is -2.25. The summed E-state index contributed by atoms with van der Waals surface area (Å²) in [7, 11) is 0. The third-order valence-electron chi connectivity index (χ3n) is 6.08. The van der Waals surface area contributed by atoms with E-state index in [1.54, 1.807) is 18.3 Å². The highest BCUT2D eigenvalue weighted by atomic mass is 79.9. The van der Waals surface area contributed by atoms with Gasteiger partial charge in [0, 0.05) is 26.2 Å². The summed E-state index contributed by atoms with van der Waals surface area (Å²) >= 11 is 7.15. The summed E-state index contributed by atoms with van der Waals surface area (Å²) in [6.45, 7) is 4.17. The van der Waals surface area contributed by atoms with Gasteiger partial charge in [0.25, 0.3) is 0 Å². The first-order chi connectivity index (χ1) is 17.5. The van der Waals surface area contributed by atoms with Crippen LogP contribution in [0, 0.1) is 5.82 Å². The van der Waals surface area contributed by atoms with Gasteiger partial charge in [-0.05, 0) is 92.9 Å². The van der Waals surface area contributed by atoms with Crippen LogP contribution in [0.2, 0.25) is 0 Å². The van der Waals surface area contributed by atoms with E-state index in [2.05, 4.69) is 62.2 Å². The molecule has 36 heavy (non-hydrogen) atoms. The molecular weight excluding hydrogens is 593 g/mol. The van der Waals surface area contributed by atoms with Gasteiger partial charge in [-0.15, -0.1) is 0 Å². The average molecular weight is 619 g/mol. The molecule has 0 aliphatic carbocycles. The summed E-state index contributed by atoms with van der Waals surface area (Å²) in [5.41, 5.74) is 4.72. The van der Waals surface area contributed by atoms with Gasteiger partial charge in [0.2, 0.25) is 17.8 Å². The van der Waals surface area contributed by atoms with Gasteiger partial charge in [0.15, 0.2) is 0 Å². The lowest BCUT2D eigenvalue weighted by atomic mass is 10.2. The number of benzene rings is 2. The smallest absolute Gasteiger partial charge is 0.250 e. The predicted octanol–water partition coefficient (Wildman–Crippen LogP) is 5.76. The molecule has 2 fully saturated rings. The molecule has 0 radical (unpaired) electrons. The van der Waals surface area contributed by atoms with Crippen molar-refractivity contribution < 1.29 is 9.13 Å². The van der Waals surface area contributed by atoms with Crippen molar-refractivity contribution in [1.29, 1.82) is 0 Å². The van der Waals surface area contributed by atoms with Crippen LogP contribution < -0.4 is 20.0 Å². The molecule has 8 nitrogen and oxygen atoms in total. The normalized spacial score (nSPS) is 15.8. The second kappa shape index (κ2) is 11.5. The van der Waals surface area contributed by atoms with E-state index in [1.165, 1.54) is 12.1 Å².